The van der Waals surface area contributed by atoms with Crippen molar-refractivity contribution >= 4 is 33.9 Å². The van der Waals surface area contributed by atoms with Crippen molar-refractivity contribution < 1.29 is 13.5 Å². The van der Waals surface area contributed by atoms with E-state index in [1.165, 1.54) is 6.20 Å². The van der Waals surface area contributed by atoms with Crippen LogP contribution in [0.5, 0.6) is 0 Å². The summed E-state index contributed by atoms with van der Waals surface area (Å²) in [5, 5.41) is 12.0. The number of aliphatic hydroxyl groups excluding tert-OH is 1. The fraction of sp³-hybridized carbons (Fsp3) is 0.500. The van der Waals surface area contributed by atoms with Crippen molar-refractivity contribution in [1.82, 2.24) is 4.98 Å². The summed E-state index contributed by atoms with van der Waals surface area (Å²) in [6.45, 7) is 2.31. The Labute approximate surface area is 113 Å². The van der Waals surface area contributed by atoms with Crippen LogP contribution in [0.25, 0.3) is 0 Å². The number of hydrogen-bond donors (Lipinski definition) is 2. The molecule has 1 aromatic rings. The molecule has 0 atom stereocenters. The molecule has 104 valence electrons. The SMILES string of the molecule is CCNc1cccnc1N(CCO)S(C)(=O)=O.Cl. The second-order valence-corrected chi connectivity index (χ2v) is 5.37. The monoisotopic (exact) mass is 295 g/mol. The molecule has 1 heterocycles. The number of pyridine rings is 1. The predicted molar refractivity (Wildman–Crippen MR) is 74.9 cm³/mol. The molecule has 8 heteroatoms. The van der Waals surface area contributed by atoms with E-state index < -0.39 is 10.0 Å². The van der Waals surface area contributed by atoms with Gasteiger partial charge in [0, 0.05) is 12.7 Å². The van der Waals surface area contributed by atoms with Gasteiger partial charge in [0.1, 0.15) is 0 Å². The minimum atomic E-state index is -3.45. The zero-order chi connectivity index (χ0) is 12.9. The van der Waals surface area contributed by atoms with Gasteiger partial charge < -0.3 is 10.4 Å². The van der Waals surface area contributed by atoms with E-state index in [9.17, 15) is 8.42 Å². The molecule has 0 aliphatic carbocycles. The third-order valence-electron chi connectivity index (χ3n) is 2.09. The Morgan fingerprint density at radius 2 is 2.17 bits per heavy atom. The molecule has 1 rings (SSSR count). The molecule has 0 aliphatic rings. The zero-order valence-electron chi connectivity index (χ0n) is 10.3. The summed E-state index contributed by atoms with van der Waals surface area (Å²) in [6.07, 6.45) is 2.61. The average Bonchev–Trinajstić information content (AvgIpc) is 2.26. The third kappa shape index (κ3) is 4.32. The van der Waals surface area contributed by atoms with E-state index in [1.807, 2.05) is 6.92 Å². The van der Waals surface area contributed by atoms with Crippen LogP contribution in [0.15, 0.2) is 18.3 Å². The van der Waals surface area contributed by atoms with E-state index in [2.05, 4.69) is 10.3 Å². The Balaban J connectivity index is 0.00000289. The molecule has 0 aromatic carbocycles. The van der Waals surface area contributed by atoms with Crippen molar-refractivity contribution in [3.05, 3.63) is 18.3 Å². The van der Waals surface area contributed by atoms with Crippen LogP contribution in [0.4, 0.5) is 11.5 Å². The summed E-state index contributed by atoms with van der Waals surface area (Å²) in [5.74, 6) is 0.311. The Morgan fingerprint density at radius 3 is 2.67 bits per heavy atom. The Hall–Kier alpha value is -1.05. The lowest BCUT2D eigenvalue weighted by molar-refractivity contribution is 0.306. The van der Waals surface area contributed by atoms with Crippen molar-refractivity contribution in [2.45, 2.75) is 6.92 Å². The van der Waals surface area contributed by atoms with Gasteiger partial charge in [0.15, 0.2) is 5.82 Å². The standard InChI is InChI=1S/C10H17N3O3S.ClH/c1-3-11-9-5-4-6-12-10(9)13(7-8-14)17(2,15)16;/h4-6,11,14H,3,7-8H2,1-2H3;1H. The van der Waals surface area contributed by atoms with Crippen molar-refractivity contribution in [2.75, 3.05) is 35.6 Å². The van der Waals surface area contributed by atoms with Crippen molar-refractivity contribution in [1.29, 1.82) is 0 Å². The number of aliphatic hydroxyl groups is 1. The van der Waals surface area contributed by atoms with Gasteiger partial charge in [-0.2, -0.15) is 0 Å². The number of rotatable bonds is 6. The van der Waals surface area contributed by atoms with Crippen LogP contribution in [0, 0.1) is 0 Å². The fourth-order valence-corrected chi connectivity index (χ4v) is 2.32. The van der Waals surface area contributed by atoms with Gasteiger partial charge in [-0.25, -0.2) is 17.7 Å². The van der Waals surface area contributed by atoms with E-state index in [4.69, 9.17) is 5.11 Å². The lowest BCUT2D eigenvalue weighted by Gasteiger charge is -2.22. The maximum absolute atomic E-state index is 11.6. The maximum Gasteiger partial charge on any atom is 0.233 e. The number of anilines is 2. The molecule has 0 radical (unpaired) electrons. The highest BCUT2D eigenvalue weighted by Gasteiger charge is 2.20. The highest BCUT2D eigenvalue weighted by molar-refractivity contribution is 7.92. The number of sulfonamides is 1. The average molecular weight is 296 g/mol. The topological polar surface area (TPSA) is 82.5 Å². The lowest BCUT2D eigenvalue weighted by Crippen LogP contribution is -2.33. The molecule has 6 nitrogen and oxygen atoms in total. The minimum Gasteiger partial charge on any atom is -0.394 e. The summed E-state index contributed by atoms with van der Waals surface area (Å²) >= 11 is 0. The summed E-state index contributed by atoms with van der Waals surface area (Å²) in [7, 11) is -3.45. The molecule has 2 N–H and O–H groups in total. The zero-order valence-corrected chi connectivity index (χ0v) is 12.0. The normalized spacial score (nSPS) is 10.6. The van der Waals surface area contributed by atoms with Gasteiger partial charge in [0.05, 0.1) is 25.1 Å². The first kappa shape index (κ1) is 16.9. The smallest absolute Gasteiger partial charge is 0.233 e. The highest BCUT2D eigenvalue weighted by atomic mass is 35.5. The number of nitrogens with one attached hydrogen (secondary N) is 1. The van der Waals surface area contributed by atoms with Gasteiger partial charge in [-0.3, -0.25) is 0 Å². The number of hydrogen-bond acceptors (Lipinski definition) is 5. The van der Waals surface area contributed by atoms with Crippen molar-refractivity contribution in [3.8, 4) is 0 Å². The van der Waals surface area contributed by atoms with Crippen LogP contribution in [0.2, 0.25) is 0 Å². The van der Waals surface area contributed by atoms with E-state index in [-0.39, 0.29) is 25.6 Å². The second kappa shape index (κ2) is 7.40. The highest BCUT2D eigenvalue weighted by Crippen LogP contribution is 2.24. The maximum atomic E-state index is 11.6. The van der Waals surface area contributed by atoms with Crippen molar-refractivity contribution in [2.24, 2.45) is 0 Å². The molecule has 0 amide bonds. The van der Waals surface area contributed by atoms with Gasteiger partial charge in [-0.05, 0) is 19.1 Å². The van der Waals surface area contributed by atoms with Gasteiger partial charge >= 0.3 is 0 Å². The van der Waals surface area contributed by atoms with E-state index in [0.29, 0.717) is 18.1 Å². The Kier molecular flexibility index (Phi) is 6.97. The quantitative estimate of drug-likeness (QED) is 0.807. The molecule has 0 saturated heterocycles. The largest absolute Gasteiger partial charge is 0.394 e. The second-order valence-electron chi connectivity index (χ2n) is 3.46. The first-order valence-electron chi connectivity index (χ1n) is 5.28. The summed E-state index contributed by atoms with van der Waals surface area (Å²) in [5.41, 5.74) is 0.633. The molecule has 0 aliphatic heterocycles. The fourth-order valence-electron chi connectivity index (χ4n) is 1.44. The van der Waals surface area contributed by atoms with Crippen LogP contribution in [0.3, 0.4) is 0 Å². The molecule has 0 bridgehead atoms. The van der Waals surface area contributed by atoms with E-state index in [1.54, 1.807) is 12.1 Å². The van der Waals surface area contributed by atoms with Crippen molar-refractivity contribution in [3.63, 3.8) is 0 Å². The van der Waals surface area contributed by atoms with Gasteiger partial charge in [-0.1, -0.05) is 0 Å². The Bertz CT molecular complexity index is 467. The molecular weight excluding hydrogens is 278 g/mol. The molecule has 0 spiro atoms. The minimum absolute atomic E-state index is 0. The summed E-state index contributed by atoms with van der Waals surface area (Å²) in [4.78, 5) is 4.06. The molecule has 0 fully saturated rings. The molecular formula is C10H18ClN3O3S. The van der Waals surface area contributed by atoms with Crippen LogP contribution >= 0.6 is 12.4 Å². The molecule has 1 aromatic heterocycles. The number of aromatic nitrogens is 1. The van der Waals surface area contributed by atoms with E-state index >= 15 is 0 Å². The number of halogens is 1. The molecule has 18 heavy (non-hydrogen) atoms. The van der Waals surface area contributed by atoms with E-state index in [0.717, 1.165) is 10.6 Å². The third-order valence-corrected chi connectivity index (χ3v) is 3.25. The first-order chi connectivity index (χ1) is 8.00. The van der Waals surface area contributed by atoms with Crippen LogP contribution in [-0.4, -0.2) is 44.5 Å². The van der Waals surface area contributed by atoms with Crippen LogP contribution in [0.1, 0.15) is 6.92 Å². The number of nitrogens with zero attached hydrogens (tertiary/aromatic N) is 2. The van der Waals surface area contributed by atoms with Crippen LogP contribution in [-0.2, 0) is 10.0 Å². The summed E-state index contributed by atoms with van der Waals surface area (Å²) < 4.78 is 24.3. The molecule has 0 unspecified atom stereocenters. The predicted octanol–water partition coefficient (Wildman–Crippen LogP) is 0.693. The molecule has 0 saturated carbocycles. The van der Waals surface area contributed by atoms with Gasteiger partial charge in [-0.15, -0.1) is 12.4 Å². The lowest BCUT2D eigenvalue weighted by atomic mass is 10.3. The van der Waals surface area contributed by atoms with Gasteiger partial charge in [0.2, 0.25) is 10.0 Å². The Morgan fingerprint density at radius 1 is 1.50 bits per heavy atom. The van der Waals surface area contributed by atoms with Crippen LogP contribution < -0.4 is 9.62 Å². The first-order valence-corrected chi connectivity index (χ1v) is 7.13. The van der Waals surface area contributed by atoms with Gasteiger partial charge in [0.25, 0.3) is 0 Å². The summed E-state index contributed by atoms with van der Waals surface area (Å²) in [6, 6.07) is 3.47.